The van der Waals surface area contributed by atoms with Gasteiger partial charge in [-0.15, -0.1) is 0 Å². The predicted molar refractivity (Wildman–Crippen MR) is 125 cm³/mol. The number of hydrogen-bond acceptors (Lipinski definition) is 6. The van der Waals surface area contributed by atoms with Gasteiger partial charge in [0.15, 0.2) is 11.5 Å². The summed E-state index contributed by atoms with van der Waals surface area (Å²) < 4.78 is 11.3. The summed E-state index contributed by atoms with van der Waals surface area (Å²) in [7, 11) is 1.57. The number of nitrogens with one attached hydrogen (secondary N) is 1. The molecule has 0 bridgehead atoms. The van der Waals surface area contributed by atoms with Crippen LogP contribution in [0.5, 0.6) is 17.2 Å². The Kier molecular flexibility index (Phi) is 7.56. The lowest BCUT2D eigenvalue weighted by Crippen LogP contribution is -2.47. The maximum Gasteiger partial charge on any atom is 0.330 e. The van der Waals surface area contributed by atoms with Gasteiger partial charge in [-0.05, 0) is 41.0 Å². The largest absolute Gasteiger partial charge is 0.508 e. The van der Waals surface area contributed by atoms with Gasteiger partial charge < -0.3 is 29.8 Å². The van der Waals surface area contributed by atoms with Crippen LogP contribution < -0.4 is 14.8 Å². The van der Waals surface area contributed by atoms with Crippen molar-refractivity contribution in [1.29, 1.82) is 0 Å². The number of carboxylic acid groups (broad SMARTS) is 1. The second kappa shape index (κ2) is 10.5. The number of fused-ring (bicyclic) bond motifs is 1. The van der Waals surface area contributed by atoms with Gasteiger partial charge in [0.1, 0.15) is 18.1 Å². The lowest BCUT2D eigenvalue weighted by Gasteiger charge is -2.27. The maximum absolute atomic E-state index is 12.2. The van der Waals surface area contributed by atoms with Gasteiger partial charge in [0.05, 0.1) is 13.7 Å². The number of methoxy groups -OCH3 is 1. The maximum atomic E-state index is 12.2. The molecule has 0 amide bonds. The minimum absolute atomic E-state index is 0.220. The van der Waals surface area contributed by atoms with E-state index in [-0.39, 0.29) is 5.75 Å². The normalized spacial score (nSPS) is 13.2. The van der Waals surface area contributed by atoms with Crippen LogP contribution in [0.1, 0.15) is 16.7 Å². The van der Waals surface area contributed by atoms with Crippen molar-refractivity contribution in [3.05, 3.63) is 83.4 Å². The highest BCUT2D eigenvalue weighted by Gasteiger charge is 2.44. The number of carboxylic acids is 1. The number of benzene rings is 3. The summed E-state index contributed by atoms with van der Waals surface area (Å²) in [5.41, 5.74) is 2.61. The van der Waals surface area contributed by atoms with E-state index < -0.39 is 11.5 Å². The smallest absolute Gasteiger partial charge is 0.330 e. The molecule has 1 aliphatic carbocycles. The molecule has 0 heterocycles. The summed E-state index contributed by atoms with van der Waals surface area (Å²) >= 11 is 0. The van der Waals surface area contributed by atoms with E-state index >= 15 is 0 Å². The molecule has 4 rings (SSSR count). The van der Waals surface area contributed by atoms with E-state index in [1.807, 2.05) is 37.1 Å². The average Bonchev–Trinajstić information content (AvgIpc) is 3.20. The Balaban J connectivity index is 0.00000149. The molecular formula is C26H27NO6. The number of phenols is 1. The summed E-state index contributed by atoms with van der Waals surface area (Å²) in [5.74, 6) is 0.438. The molecule has 0 radical (unpaired) electrons. The first-order chi connectivity index (χ1) is 16.0. The average molecular weight is 450 g/mol. The first-order valence-corrected chi connectivity index (χ1v) is 10.4. The number of carbonyl (C=O) groups excluding carboxylic acids is 1. The zero-order valence-corrected chi connectivity index (χ0v) is 18.4. The molecule has 172 valence electrons. The molecule has 3 N–H and O–H groups in total. The van der Waals surface area contributed by atoms with Crippen molar-refractivity contribution in [3.8, 4) is 17.2 Å². The highest BCUT2D eigenvalue weighted by Crippen LogP contribution is 2.36. The van der Waals surface area contributed by atoms with Crippen molar-refractivity contribution >= 4 is 18.4 Å². The molecule has 33 heavy (non-hydrogen) atoms. The van der Waals surface area contributed by atoms with Crippen LogP contribution >= 0.6 is 0 Å². The van der Waals surface area contributed by atoms with E-state index in [9.17, 15) is 15.0 Å². The van der Waals surface area contributed by atoms with E-state index in [2.05, 4.69) is 5.32 Å². The Bertz CT molecular complexity index is 1090. The third kappa shape index (κ3) is 5.44. The van der Waals surface area contributed by atoms with E-state index in [1.165, 1.54) is 0 Å². The van der Waals surface area contributed by atoms with Gasteiger partial charge in [-0.3, -0.25) is 0 Å². The van der Waals surface area contributed by atoms with Gasteiger partial charge >= 0.3 is 5.97 Å². The Morgan fingerprint density at radius 1 is 1.00 bits per heavy atom. The number of carbonyl (C=O) groups is 2. The summed E-state index contributed by atoms with van der Waals surface area (Å²) in [5, 5.41) is 22.9. The molecule has 0 unspecified atom stereocenters. The van der Waals surface area contributed by atoms with Gasteiger partial charge in [0.2, 0.25) is 0 Å². The monoisotopic (exact) mass is 449 g/mol. The Labute approximate surface area is 192 Å². The number of aromatic hydroxyl groups is 1. The van der Waals surface area contributed by atoms with Crippen molar-refractivity contribution in [3.63, 3.8) is 0 Å². The Morgan fingerprint density at radius 3 is 2.30 bits per heavy atom. The van der Waals surface area contributed by atoms with Gasteiger partial charge in [-0.25, -0.2) is 4.79 Å². The van der Waals surface area contributed by atoms with Crippen LogP contribution in [-0.2, 0) is 28.9 Å². The second-order valence-corrected chi connectivity index (χ2v) is 7.77. The molecule has 7 nitrogen and oxygen atoms in total. The molecule has 3 aromatic rings. The molecule has 0 atom stereocenters. The molecule has 7 heteroatoms. The first-order valence-electron chi connectivity index (χ1n) is 10.4. The first kappa shape index (κ1) is 23.7. The summed E-state index contributed by atoms with van der Waals surface area (Å²) in [4.78, 5) is 20.2. The fourth-order valence-corrected chi connectivity index (χ4v) is 4.04. The quantitative estimate of drug-likeness (QED) is 0.479. The van der Waals surface area contributed by atoms with E-state index in [0.29, 0.717) is 43.1 Å². The van der Waals surface area contributed by atoms with Crippen LogP contribution in [0.3, 0.4) is 0 Å². The van der Waals surface area contributed by atoms with Crippen molar-refractivity contribution in [2.75, 3.05) is 19.0 Å². The molecule has 1 aliphatic rings. The van der Waals surface area contributed by atoms with Crippen LogP contribution in [0.25, 0.3) is 0 Å². The predicted octanol–water partition coefficient (Wildman–Crippen LogP) is 3.87. The number of rotatable bonds is 8. The van der Waals surface area contributed by atoms with E-state index in [1.54, 1.807) is 43.5 Å². The minimum atomic E-state index is -1.10. The fraction of sp³-hybridized carbons (Fsp3) is 0.231. The molecule has 3 aromatic carbocycles. The van der Waals surface area contributed by atoms with Gasteiger partial charge in [-0.1, -0.05) is 36.4 Å². The van der Waals surface area contributed by atoms with Crippen molar-refractivity contribution in [2.24, 2.45) is 0 Å². The van der Waals surface area contributed by atoms with Crippen LogP contribution in [-0.4, -0.2) is 42.2 Å². The molecule has 0 fully saturated rings. The zero-order valence-electron chi connectivity index (χ0n) is 18.4. The number of ether oxygens (including phenoxy) is 2. The van der Waals surface area contributed by atoms with Crippen LogP contribution in [0.2, 0.25) is 0 Å². The van der Waals surface area contributed by atoms with Crippen LogP contribution in [0.15, 0.2) is 66.7 Å². The summed E-state index contributed by atoms with van der Waals surface area (Å²) in [6.07, 6.45) is 1.44. The molecule has 0 saturated heterocycles. The summed E-state index contributed by atoms with van der Waals surface area (Å²) in [6, 6.07) is 20.2. The third-order valence-electron chi connectivity index (χ3n) is 5.62. The summed E-state index contributed by atoms with van der Waals surface area (Å²) in [6.45, 7) is 2.39. The minimum Gasteiger partial charge on any atom is -0.508 e. The number of aliphatic carboxylic acids is 1. The number of anilines is 1. The van der Waals surface area contributed by atoms with Crippen molar-refractivity contribution in [1.82, 2.24) is 0 Å². The lowest BCUT2D eigenvalue weighted by atomic mass is 9.95. The highest BCUT2D eigenvalue weighted by atomic mass is 16.5. The third-order valence-corrected chi connectivity index (χ3v) is 5.62. The number of hydrogen-bond donors (Lipinski definition) is 3. The standard InChI is InChI=1S/C25H25NO5.CH2O/c1-30-22-10-9-20(14-23(22)31-12-11-17-5-4-8-21(27)13-17)26-25(24(28)29)15-18-6-2-3-7-19(18)16-25;1-2/h2-10,13-14,26-27H,11-12,15-16H2,1H3,(H,28,29);1H2. The SMILES string of the molecule is C=O.COc1ccc(NC2(C(=O)O)Cc3ccccc3C2)cc1OCCc1cccc(O)c1. The second-order valence-electron chi connectivity index (χ2n) is 7.77. The van der Waals surface area contributed by atoms with Crippen LogP contribution in [0, 0.1) is 0 Å². The van der Waals surface area contributed by atoms with Gasteiger partial charge in [-0.2, -0.15) is 0 Å². The van der Waals surface area contributed by atoms with E-state index in [4.69, 9.17) is 14.3 Å². The zero-order chi connectivity index (χ0) is 23.8. The van der Waals surface area contributed by atoms with Crippen molar-refractivity contribution in [2.45, 2.75) is 24.8 Å². The fourth-order valence-electron chi connectivity index (χ4n) is 4.04. The molecule has 0 aliphatic heterocycles. The number of phenolic OH excluding ortho intramolecular Hbond substituents is 1. The lowest BCUT2D eigenvalue weighted by molar-refractivity contribution is -0.142. The molecule has 0 aromatic heterocycles. The molecular weight excluding hydrogens is 422 g/mol. The van der Waals surface area contributed by atoms with Gasteiger partial charge in [0.25, 0.3) is 0 Å². The van der Waals surface area contributed by atoms with Gasteiger partial charge in [0, 0.05) is 31.0 Å². The van der Waals surface area contributed by atoms with Crippen LogP contribution in [0.4, 0.5) is 5.69 Å². The molecule has 0 saturated carbocycles. The highest BCUT2D eigenvalue weighted by molar-refractivity contribution is 5.85. The van der Waals surface area contributed by atoms with Crippen molar-refractivity contribution < 1.29 is 29.3 Å². The van der Waals surface area contributed by atoms with E-state index in [0.717, 1.165) is 16.7 Å². The topological polar surface area (TPSA) is 105 Å². The Hall–Kier alpha value is -4.00. The Morgan fingerprint density at radius 2 is 1.70 bits per heavy atom. The molecule has 0 spiro atoms.